The number of aromatic nitrogens is 2. The zero-order valence-corrected chi connectivity index (χ0v) is 7.55. The maximum absolute atomic E-state index is 3.86. The van der Waals surface area contributed by atoms with Gasteiger partial charge < -0.3 is 5.32 Å². The van der Waals surface area contributed by atoms with Crippen molar-refractivity contribution in [3.8, 4) is 0 Å². The first kappa shape index (κ1) is 9.81. The Morgan fingerprint density at radius 1 is 1.60 bits per heavy atom. The molecule has 1 aromatic rings. The Balaban J connectivity index is 0.000000810. The lowest BCUT2D eigenvalue weighted by Gasteiger charge is -1.91. The van der Waals surface area contributed by atoms with Gasteiger partial charge >= 0.3 is 0 Å². The number of nitrogens with zero attached hydrogens (tertiary/aromatic N) is 2. The van der Waals surface area contributed by atoms with E-state index < -0.39 is 0 Å². The van der Waals surface area contributed by atoms with Crippen LogP contribution in [0.15, 0.2) is 0 Å². The van der Waals surface area contributed by atoms with Crippen molar-refractivity contribution >= 4 is 23.9 Å². The third-order valence-corrected chi connectivity index (χ3v) is 1.91. The minimum absolute atomic E-state index is 0. The van der Waals surface area contributed by atoms with Crippen molar-refractivity contribution in [1.29, 1.82) is 0 Å². The van der Waals surface area contributed by atoms with Gasteiger partial charge in [0.2, 0.25) is 0 Å². The van der Waals surface area contributed by atoms with E-state index in [1.807, 2.05) is 14.0 Å². The molecule has 0 aromatic carbocycles. The Hall–Kier alpha value is -0.190. The van der Waals surface area contributed by atoms with Crippen LogP contribution < -0.4 is 5.32 Å². The number of hydrogen-bond donors (Lipinski definition) is 1. The highest BCUT2D eigenvalue weighted by atomic mass is 35.5. The van der Waals surface area contributed by atoms with Gasteiger partial charge in [0.05, 0.1) is 10.6 Å². The zero-order chi connectivity index (χ0) is 6.69. The summed E-state index contributed by atoms with van der Waals surface area (Å²) in [6, 6.07) is 0. The number of rotatable bonds is 2. The van der Waals surface area contributed by atoms with Gasteiger partial charge in [-0.25, -0.2) is 0 Å². The molecule has 1 N–H and O–H groups in total. The van der Waals surface area contributed by atoms with Crippen LogP contribution in [0.4, 0.5) is 0 Å². The third kappa shape index (κ3) is 2.21. The van der Waals surface area contributed by atoms with Crippen molar-refractivity contribution in [2.24, 2.45) is 0 Å². The average Bonchev–Trinajstić information content (AvgIpc) is 2.18. The molecule has 0 bridgehead atoms. The van der Waals surface area contributed by atoms with E-state index in [4.69, 9.17) is 0 Å². The van der Waals surface area contributed by atoms with E-state index in [1.165, 1.54) is 16.4 Å². The minimum Gasteiger partial charge on any atom is -0.315 e. The number of hydrogen-bond acceptors (Lipinski definition) is 4. The van der Waals surface area contributed by atoms with Gasteiger partial charge in [-0.2, -0.15) is 0 Å². The van der Waals surface area contributed by atoms with Gasteiger partial charge in [-0.15, -0.1) is 17.5 Å². The van der Waals surface area contributed by atoms with Gasteiger partial charge in [-0.05, 0) is 25.5 Å². The van der Waals surface area contributed by atoms with Crippen LogP contribution in [-0.2, 0) is 6.54 Å². The smallest absolute Gasteiger partial charge is 0.0769 e. The van der Waals surface area contributed by atoms with Crippen molar-refractivity contribution in [2.45, 2.75) is 13.5 Å². The van der Waals surface area contributed by atoms with Gasteiger partial charge in [0.25, 0.3) is 0 Å². The number of aryl methyl sites for hydroxylation is 1. The molecule has 1 rings (SSSR count). The van der Waals surface area contributed by atoms with Crippen LogP contribution in [0, 0.1) is 6.92 Å². The summed E-state index contributed by atoms with van der Waals surface area (Å²) in [5.74, 6) is 0. The van der Waals surface area contributed by atoms with Crippen LogP contribution in [-0.4, -0.2) is 16.6 Å². The van der Waals surface area contributed by atoms with E-state index in [-0.39, 0.29) is 12.4 Å². The molecular formula is C5H10ClN3S. The Labute approximate surface area is 70.4 Å². The van der Waals surface area contributed by atoms with Gasteiger partial charge in [0.15, 0.2) is 0 Å². The molecule has 0 radical (unpaired) electrons. The SMILES string of the molecule is CNCc1snnc1C.Cl. The fraction of sp³-hybridized carbons (Fsp3) is 0.600. The highest BCUT2D eigenvalue weighted by Gasteiger charge is 1.98. The molecule has 10 heavy (non-hydrogen) atoms. The quantitative estimate of drug-likeness (QED) is 0.736. The van der Waals surface area contributed by atoms with E-state index in [2.05, 4.69) is 14.9 Å². The van der Waals surface area contributed by atoms with Crippen molar-refractivity contribution in [1.82, 2.24) is 14.9 Å². The van der Waals surface area contributed by atoms with Crippen LogP contribution >= 0.6 is 23.9 Å². The molecule has 0 atom stereocenters. The highest BCUT2D eigenvalue weighted by molar-refractivity contribution is 7.05. The third-order valence-electron chi connectivity index (χ3n) is 1.08. The summed E-state index contributed by atoms with van der Waals surface area (Å²) in [5.41, 5.74) is 1.04. The molecule has 1 aromatic heterocycles. The molecule has 0 aliphatic carbocycles. The van der Waals surface area contributed by atoms with E-state index >= 15 is 0 Å². The maximum atomic E-state index is 3.86. The average molecular weight is 180 g/mol. The van der Waals surface area contributed by atoms with Crippen LogP contribution in [0.25, 0.3) is 0 Å². The van der Waals surface area contributed by atoms with Crippen molar-refractivity contribution < 1.29 is 0 Å². The molecular weight excluding hydrogens is 170 g/mol. The van der Waals surface area contributed by atoms with Gasteiger partial charge in [0, 0.05) is 6.54 Å². The van der Waals surface area contributed by atoms with Crippen LogP contribution in [0.3, 0.4) is 0 Å². The van der Waals surface area contributed by atoms with Crippen molar-refractivity contribution in [2.75, 3.05) is 7.05 Å². The van der Waals surface area contributed by atoms with E-state index in [0.717, 1.165) is 12.2 Å². The Bertz CT molecular complexity index is 189. The highest BCUT2D eigenvalue weighted by Crippen LogP contribution is 2.06. The number of nitrogens with one attached hydrogen (secondary N) is 1. The first-order valence-corrected chi connectivity index (χ1v) is 3.54. The molecule has 0 spiro atoms. The summed E-state index contributed by atoms with van der Waals surface area (Å²) in [6.07, 6.45) is 0. The molecule has 0 saturated carbocycles. The number of halogens is 1. The summed E-state index contributed by atoms with van der Waals surface area (Å²) in [7, 11) is 1.92. The first-order valence-electron chi connectivity index (χ1n) is 2.77. The normalized spacial score (nSPS) is 9.00. The Morgan fingerprint density at radius 3 is 2.70 bits per heavy atom. The van der Waals surface area contributed by atoms with E-state index in [9.17, 15) is 0 Å². The lowest BCUT2D eigenvalue weighted by molar-refractivity contribution is 0.821. The lowest BCUT2D eigenvalue weighted by Crippen LogP contribution is -2.04. The molecule has 0 saturated heterocycles. The molecule has 3 nitrogen and oxygen atoms in total. The topological polar surface area (TPSA) is 37.8 Å². The largest absolute Gasteiger partial charge is 0.315 e. The van der Waals surface area contributed by atoms with Gasteiger partial charge in [-0.1, -0.05) is 4.49 Å². The molecule has 0 amide bonds. The summed E-state index contributed by atoms with van der Waals surface area (Å²) < 4.78 is 3.79. The molecule has 0 aliphatic rings. The fourth-order valence-electron chi connectivity index (χ4n) is 0.574. The Morgan fingerprint density at radius 2 is 2.30 bits per heavy atom. The predicted octanol–water partition coefficient (Wildman–Crippen LogP) is 0.988. The maximum Gasteiger partial charge on any atom is 0.0769 e. The molecule has 0 fully saturated rings. The Kier molecular flexibility index (Phi) is 4.51. The second-order valence-corrected chi connectivity index (χ2v) is 2.65. The summed E-state index contributed by atoms with van der Waals surface area (Å²) in [6.45, 7) is 2.85. The standard InChI is InChI=1S/C5H9N3S.ClH/c1-4-5(3-6-2)9-8-7-4;/h6H,3H2,1-2H3;1H. The van der Waals surface area contributed by atoms with E-state index in [0.29, 0.717) is 0 Å². The monoisotopic (exact) mass is 179 g/mol. The van der Waals surface area contributed by atoms with E-state index in [1.54, 1.807) is 0 Å². The molecule has 58 valence electrons. The van der Waals surface area contributed by atoms with Crippen molar-refractivity contribution in [3.05, 3.63) is 10.6 Å². The summed E-state index contributed by atoms with van der Waals surface area (Å²) >= 11 is 1.45. The second-order valence-electron chi connectivity index (χ2n) is 1.81. The molecule has 0 unspecified atom stereocenters. The zero-order valence-electron chi connectivity index (χ0n) is 5.92. The van der Waals surface area contributed by atoms with Crippen LogP contribution in [0.5, 0.6) is 0 Å². The molecule has 5 heteroatoms. The van der Waals surface area contributed by atoms with Crippen LogP contribution in [0.1, 0.15) is 10.6 Å². The molecule has 1 heterocycles. The lowest BCUT2D eigenvalue weighted by atomic mass is 10.4. The minimum atomic E-state index is 0. The predicted molar refractivity (Wildman–Crippen MR) is 44.7 cm³/mol. The van der Waals surface area contributed by atoms with Crippen molar-refractivity contribution in [3.63, 3.8) is 0 Å². The fourth-order valence-corrected chi connectivity index (χ4v) is 1.22. The summed E-state index contributed by atoms with van der Waals surface area (Å²) in [5, 5.41) is 6.91. The van der Waals surface area contributed by atoms with Crippen LogP contribution in [0.2, 0.25) is 0 Å². The molecule has 0 aliphatic heterocycles. The second kappa shape index (κ2) is 4.60. The van der Waals surface area contributed by atoms with Gasteiger partial charge in [0.1, 0.15) is 0 Å². The van der Waals surface area contributed by atoms with Gasteiger partial charge in [-0.3, -0.25) is 0 Å². The first-order chi connectivity index (χ1) is 4.34. The summed E-state index contributed by atoms with van der Waals surface area (Å²) in [4.78, 5) is 1.22.